The summed E-state index contributed by atoms with van der Waals surface area (Å²) in [5.74, 6) is 0.549. The van der Waals surface area contributed by atoms with Crippen molar-refractivity contribution in [3.05, 3.63) is 64.2 Å². The second-order valence-corrected chi connectivity index (χ2v) is 5.97. The van der Waals surface area contributed by atoms with Gasteiger partial charge >= 0.3 is 6.03 Å². The number of urea groups is 1. The number of hydrogen-bond acceptors (Lipinski definition) is 3. The van der Waals surface area contributed by atoms with E-state index in [-0.39, 0.29) is 5.91 Å². The predicted molar refractivity (Wildman–Crippen MR) is 96.7 cm³/mol. The van der Waals surface area contributed by atoms with Crippen molar-refractivity contribution in [3.8, 4) is 5.75 Å². The number of carbonyl (C=O) groups excluding carboxylic acids is 2. The van der Waals surface area contributed by atoms with Crippen LogP contribution in [0.2, 0.25) is 5.02 Å². The fourth-order valence-corrected chi connectivity index (χ4v) is 2.57. The summed E-state index contributed by atoms with van der Waals surface area (Å²) in [7, 11) is 3.29. The molecular weight excluding hydrogens is 342 g/mol. The first-order valence-electron chi connectivity index (χ1n) is 7.61. The zero-order chi connectivity index (χ0) is 18.4. The lowest BCUT2D eigenvalue weighted by molar-refractivity contribution is 0.0784. The van der Waals surface area contributed by atoms with Gasteiger partial charge in [0, 0.05) is 36.3 Å². The Kier molecular flexibility index (Phi) is 6.25. The van der Waals surface area contributed by atoms with E-state index in [0.29, 0.717) is 29.4 Å². The Labute approximate surface area is 151 Å². The first-order valence-corrected chi connectivity index (χ1v) is 7.98. The number of nitrogens with one attached hydrogen (secondary N) is 1. The van der Waals surface area contributed by atoms with E-state index in [1.165, 1.54) is 0 Å². The molecule has 0 unspecified atom stereocenters. The van der Waals surface area contributed by atoms with Crippen LogP contribution in [-0.4, -0.2) is 31.0 Å². The molecule has 0 fully saturated rings. The molecule has 6 nitrogen and oxygen atoms in total. The summed E-state index contributed by atoms with van der Waals surface area (Å²) in [6.07, 6.45) is 0. The minimum absolute atomic E-state index is 0.128. The van der Waals surface area contributed by atoms with Crippen molar-refractivity contribution in [2.24, 2.45) is 5.73 Å². The highest BCUT2D eigenvalue weighted by Crippen LogP contribution is 2.24. The SMILES string of the molecule is COc1ccc(Cl)cc1CN(C)C(=O)c1ccc(CNC(N)=O)cc1. The minimum Gasteiger partial charge on any atom is -0.496 e. The highest BCUT2D eigenvalue weighted by Gasteiger charge is 2.14. The van der Waals surface area contributed by atoms with Gasteiger partial charge in [-0.2, -0.15) is 0 Å². The molecule has 25 heavy (non-hydrogen) atoms. The normalized spacial score (nSPS) is 10.2. The van der Waals surface area contributed by atoms with Crippen LogP contribution in [0.1, 0.15) is 21.5 Å². The van der Waals surface area contributed by atoms with E-state index >= 15 is 0 Å². The van der Waals surface area contributed by atoms with Crippen LogP contribution in [0.25, 0.3) is 0 Å². The lowest BCUT2D eigenvalue weighted by Gasteiger charge is -2.19. The summed E-state index contributed by atoms with van der Waals surface area (Å²) < 4.78 is 5.31. The van der Waals surface area contributed by atoms with E-state index in [4.69, 9.17) is 22.1 Å². The molecule has 0 aliphatic rings. The Balaban J connectivity index is 2.07. The fraction of sp³-hybridized carbons (Fsp3) is 0.222. The van der Waals surface area contributed by atoms with Crippen molar-refractivity contribution in [2.45, 2.75) is 13.1 Å². The molecule has 3 amide bonds. The Morgan fingerprint density at radius 3 is 2.48 bits per heavy atom. The van der Waals surface area contributed by atoms with Crippen molar-refractivity contribution >= 4 is 23.5 Å². The van der Waals surface area contributed by atoms with Gasteiger partial charge in [-0.3, -0.25) is 4.79 Å². The smallest absolute Gasteiger partial charge is 0.312 e. The minimum atomic E-state index is -0.588. The first-order chi connectivity index (χ1) is 11.9. The quantitative estimate of drug-likeness (QED) is 0.829. The maximum absolute atomic E-state index is 12.6. The molecule has 0 bridgehead atoms. The number of nitrogens with two attached hydrogens (primary N) is 1. The van der Waals surface area contributed by atoms with Gasteiger partial charge in [0.1, 0.15) is 5.75 Å². The Hall–Kier alpha value is -2.73. The van der Waals surface area contributed by atoms with E-state index in [1.807, 2.05) is 0 Å². The summed E-state index contributed by atoms with van der Waals surface area (Å²) >= 11 is 6.03. The molecule has 2 aromatic rings. The second kappa shape index (κ2) is 8.39. The Morgan fingerprint density at radius 2 is 1.88 bits per heavy atom. The molecule has 7 heteroatoms. The van der Waals surface area contributed by atoms with Crippen molar-refractivity contribution in [1.29, 1.82) is 0 Å². The van der Waals surface area contributed by atoms with E-state index in [0.717, 1.165) is 11.1 Å². The van der Waals surface area contributed by atoms with Gasteiger partial charge in [0.15, 0.2) is 0 Å². The van der Waals surface area contributed by atoms with E-state index < -0.39 is 6.03 Å². The molecule has 0 spiro atoms. The lowest BCUT2D eigenvalue weighted by Crippen LogP contribution is -2.28. The molecule has 0 atom stereocenters. The van der Waals surface area contributed by atoms with Crippen molar-refractivity contribution < 1.29 is 14.3 Å². The summed E-state index contributed by atoms with van der Waals surface area (Å²) in [6.45, 7) is 0.687. The van der Waals surface area contributed by atoms with Gasteiger partial charge in [-0.05, 0) is 35.9 Å². The number of amides is 3. The number of hydrogen-bond donors (Lipinski definition) is 2. The topological polar surface area (TPSA) is 84.7 Å². The van der Waals surface area contributed by atoms with Crippen LogP contribution in [0.15, 0.2) is 42.5 Å². The van der Waals surface area contributed by atoms with Crippen LogP contribution in [0, 0.1) is 0 Å². The van der Waals surface area contributed by atoms with Crippen LogP contribution >= 0.6 is 11.6 Å². The van der Waals surface area contributed by atoms with Gasteiger partial charge in [0.25, 0.3) is 5.91 Å². The summed E-state index contributed by atoms with van der Waals surface area (Å²) in [5, 5.41) is 3.09. The molecule has 0 aliphatic heterocycles. The highest BCUT2D eigenvalue weighted by molar-refractivity contribution is 6.30. The molecule has 3 N–H and O–H groups in total. The highest BCUT2D eigenvalue weighted by atomic mass is 35.5. The average molecular weight is 362 g/mol. The molecule has 0 saturated heterocycles. The molecule has 0 heterocycles. The third-order valence-corrected chi connectivity index (χ3v) is 3.90. The fourth-order valence-electron chi connectivity index (χ4n) is 2.37. The van der Waals surface area contributed by atoms with Crippen molar-refractivity contribution in [2.75, 3.05) is 14.2 Å². The zero-order valence-electron chi connectivity index (χ0n) is 14.1. The number of nitrogens with zero attached hydrogens (tertiary/aromatic N) is 1. The number of rotatable bonds is 6. The van der Waals surface area contributed by atoms with Gasteiger partial charge in [-0.15, -0.1) is 0 Å². The Bertz CT molecular complexity index is 763. The summed E-state index contributed by atoms with van der Waals surface area (Å²) in [5.41, 5.74) is 7.27. The number of halogens is 1. The monoisotopic (exact) mass is 361 g/mol. The van der Waals surface area contributed by atoms with E-state index in [1.54, 1.807) is 61.5 Å². The molecule has 132 valence electrons. The predicted octanol–water partition coefficient (Wildman–Crippen LogP) is 2.79. The van der Waals surface area contributed by atoms with Crippen LogP contribution in [0.5, 0.6) is 5.75 Å². The molecule has 0 saturated carbocycles. The maximum atomic E-state index is 12.6. The zero-order valence-corrected chi connectivity index (χ0v) is 14.8. The third-order valence-electron chi connectivity index (χ3n) is 3.66. The third kappa shape index (κ3) is 5.12. The van der Waals surface area contributed by atoms with E-state index in [2.05, 4.69) is 5.32 Å². The Morgan fingerprint density at radius 1 is 1.20 bits per heavy atom. The summed E-state index contributed by atoms with van der Waals surface area (Å²) in [4.78, 5) is 24.9. The molecule has 0 aromatic heterocycles. The standard InChI is InChI=1S/C18H20ClN3O3/c1-22(11-14-9-15(19)7-8-16(14)25-2)17(23)13-5-3-12(4-6-13)10-21-18(20)24/h3-9H,10-11H2,1-2H3,(H3,20,21,24). The molecule has 0 aliphatic carbocycles. The van der Waals surface area contributed by atoms with E-state index in [9.17, 15) is 9.59 Å². The van der Waals surface area contributed by atoms with Gasteiger partial charge in [-0.1, -0.05) is 23.7 Å². The van der Waals surface area contributed by atoms with Crippen LogP contribution in [0.3, 0.4) is 0 Å². The van der Waals surface area contributed by atoms with Gasteiger partial charge in [0.05, 0.1) is 7.11 Å². The van der Waals surface area contributed by atoms with Crippen LogP contribution < -0.4 is 15.8 Å². The van der Waals surface area contributed by atoms with Crippen molar-refractivity contribution in [3.63, 3.8) is 0 Å². The van der Waals surface area contributed by atoms with Crippen molar-refractivity contribution in [1.82, 2.24) is 10.2 Å². The molecule has 2 rings (SSSR count). The molecule has 0 radical (unpaired) electrons. The number of carbonyl (C=O) groups is 2. The number of primary amides is 1. The summed E-state index contributed by atoms with van der Waals surface area (Å²) in [6, 6.07) is 11.7. The second-order valence-electron chi connectivity index (χ2n) is 5.53. The van der Waals surface area contributed by atoms with Gasteiger partial charge in [0.2, 0.25) is 0 Å². The lowest BCUT2D eigenvalue weighted by atomic mass is 10.1. The van der Waals surface area contributed by atoms with Gasteiger partial charge < -0.3 is 20.7 Å². The van der Waals surface area contributed by atoms with Crippen LogP contribution in [0.4, 0.5) is 4.79 Å². The number of benzene rings is 2. The van der Waals surface area contributed by atoms with Crippen LogP contribution in [-0.2, 0) is 13.1 Å². The number of methoxy groups -OCH3 is 1. The largest absolute Gasteiger partial charge is 0.496 e. The van der Waals surface area contributed by atoms with Gasteiger partial charge in [-0.25, -0.2) is 4.79 Å². The maximum Gasteiger partial charge on any atom is 0.312 e. The molecular formula is C18H20ClN3O3. The number of ether oxygens (including phenoxy) is 1. The average Bonchev–Trinajstić information content (AvgIpc) is 2.60. The first kappa shape index (κ1) is 18.6. The molecule has 2 aromatic carbocycles.